The number of rotatable bonds is 3. The quantitative estimate of drug-likeness (QED) is 0.287. The van der Waals surface area contributed by atoms with Gasteiger partial charge in [-0.05, 0) is 18.2 Å². The third-order valence-electron chi connectivity index (χ3n) is 1.96. The fraction of sp³-hybridized carbons (Fsp3) is 0.200. The molecule has 1 rings (SSSR count). The van der Waals surface area contributed by atoms with Gasteiger partial charge in [-0.15, -0.1) is 5.10 Å². The first-order chi connectivity index (χ1) is 7.50. The Morgan fingerprint density at radius 3 is 2.56 bits per heavy atom. The molecule has 86 valence electrons. The van der Waals surface area contributed by atoms with Gasteiger partial charge in [-0.1, -0.05) is 0 Å². The molecule has 0 fully saturated rings. The van der Waals surface area contributed by atoms with Crippen molar-refractivity contribution >= 4 is 23.5 Å². The topological polar surface area (TPSA) is 106 Å². The predicted octanol–water partition coefficient (Wildman–Crippen LogP) is -0.0579. The Labute approximate surface area is 94.4 Å². The maximum Gasteiger partial charge on any atom is 0.211 e. The van der Waals surface area contributed by atoms with E-state index in [-0.39, 0.29) is 5.96 Å². The largest absolute Gasteiger partial charge is 0.398 e. The summed E-state index contributed by atoms with van der Waals surface area (Å²) >= 11 is 0. The Hall–Kier alpha value is -2.24. The second-order valence-electron chi connectivity index (χ2n) is 3.48. The van der Waals surface area contributed by atoms with Crippen LogP contribution >= 0.6 is 0 Å². The van der Waals surface area contributed by atoms with Crippen molar-refractivity contribution < 1.29 is 0 Å². The lowest BCUT2D eigenvalue weighted by atomic mass is 10.1. The molecule has 6 nitrogen and oxygen atoms in total. The Balaban J connectivity index is 2.99. The molecule has 0 aliphatic carbocycles. The standard InChI is InChI=1S/C10H16N6/c1-16(2)8-3-4-9(11)7(5-8)6-14-15-10(12)13/h3-6H,11H2,1-2H3,(H4,12,13,15). The van der Waals surface area contributed by atoms with Gasteiger partial charge < -0.3 is 22.1 Å². The monoisotopic (exact) mass is 220 g/mol. The van der Waals surface area contributed by atoms with Crippen LogP contribution < -0.4 is 22.1 Å². The molecule has 0 radical (unpaired) electrons. The minimum absolute atomic E-state index is 0.0846. The second kappa shape index (κ2) is 5.01. The fourth-order valence-corrected chi connectivity index (χ4v) is 1.11. The molecule has 0 saturated carbocycles. The van der Waals surface area contributed by atoms with Crippen molar-refractivity contribution in [2.24, 2.45) is 21.7 Å². The molecule has 0 spiro atoms. The lowest BCUT2D eigenvalue weighted by molar-refractivity contribution is 1.13. The van der Waals surface area contributed by atoms with Gasteiger partial charge in [0.05, 0.1) is 6.21 Å². The maximum atomic E-state index is 5.79. The van der Waals surface area contributed by atoms with Crippen molar-refractivity contribution in [1.82, 2.24) is 0 Å². The van der Waals surface area contributed by atoms with E-state index in [1.54, 1.807) is 0 Å². The summed E-state index contributed by atoms with van der Waals surface area (Å²) in [4.78, 5) is 1.97. The van der Waals surface area contributed by atoms with Crippen LogP contribution in [0.4, 0.5) is 11.4 Å². The van der Waals surface area contributed by atoms with Gasteiger partial charge in [-0.2, -0.15) is 5.10 Å². The van der Waals surface area contributed by atoms with Crippen molar-refractivity contribution in [1.29, 1.82) is 0 Å². The van der Waals surface area contributed by atoms with E-state index in [1.807, 2.05) is 37.2 Å². The van der Waals surface area contributed by atoms with Crippen LogP contribution in [0.2, 0.25) is 0 Å². The van der Waals surface area contributed by atoms with E-state index in [4.69, 9.17) is 17.2 Å². The van der Waals surface area contributed by atoms with Crippen LogP contribution in [0.15, 0.2) is 28.4 Å². The minimum Gasteiger partial charge on any atom is -0.398 e. The highest BCUT2D eigenvalue weighted by molar-refractivity contribution is 5.89. The highest BCUT2D eigenvalue weighted by atomic mass is 15.3. The molecule has 0 aromatic heterocycles. The lowest BCUT2D eigenvalue weighted by Crippen LogP contribution is -2.21. The number of guanidine groups is 1. The van der Waals surface area contributed by atoms with E-state index in [9.17, 15) is 0 Å². The summed E-state index contributed by atoms with van der Waals surface area (Å²) in [6.45, 7) is 0. The smallest absolute Gasteiger partial charge is 0.211 e. The van der Waals surface area contributed by atoms with Crippen LogP contribution in [-0.2, 0) is 0 Å². The van der Waals surface area contributed by atoms with Gasteiger partial charge in [0.25, 0.3) is 0 Å². The van der Waals surface area contributed by atoms with Crippen LogP contribution in [0.5, 0.6) is 0 Å². The first-order valence-electron chi connectivity index (χ1n) is 4.69. The molecule has 0 unspecified atom stereocenters. The third-order valence-corrected chi connectivity index (χ3v) is 1.96. The number of hydrogen-bond donors (Lipinski definition) is 3. The van der Waals surface area contributed by atoms with Crippen molar-refractivity contribution in [2.45, 2.75) is 0 Å². The highest BCUT2D eigenvalue weighted by Gasteiger charge is 2.00. The van der Waals surface area contributed by atoms with Gasteiger partial charge in [0.1, 0.15) is 0 Å². The van der Waals surface area contributed by atoms with Gasteiger partial charge >= 0.3 is 0 Å². The van der Waals surface area contributed by atoms with E-state index in [2.05, 4.69) is 10.2 Å². The van der Waals surface area contributed by atoms with Gasteiger partial charge in [0, 0.05) is 31.0 Å². The van der Waals surface area contributed by atoms with Crippen LogP contribution in [0, 0.1) is 0 Å². The van der Waals surface area contributed by atoms with Crippen LogP contribution in [0.25, 0.3) is 0 Å². The molecule has 0 amide bonds. The van der Waals surface area contributed by atoms with E-state index in [1.165, 1.54) is 6.21 Å². The first kappa shape index (κ1) is 11.8. The molecule has 0 bridgehead atoms. The molecular formula is C10H16N6. The van der Waals surface area contributed by atoms with Crippen LogP contribution in [0.1, 0.15) is 5.56 Å². The Kier molecular flexibility index (Phi) is 3.71. The zero-order chi connectivity index (χ0) is 12.1. The first-order valence-corrected chi connectivity index (χ1v) is 4.69. The fourth-order valence-electron chi connectivity index (χ4n) is 1.11. The molecule has 6 heteroatoms. The molecule has 0 aliphatic heterocycles. The van der Waals surface area contributed by atoms with Crippen molar-refractivity contribution in [2.75, 3.05) is 24.7 Å². The zero-order valence-corrected chi connectivity index (χ0v) is 9.38. The SMILES string of the molecule is CN(C)c1ccc(N)c(C=NN=C(N)N)c1. The molecule has 0 atom stereocenters. The van der Waals surface area contributed by atoms with E-state index in [0.29, 0.717) is 5.69 Å². The molecule has 0 saturated heterocycles. The minimum atomic E-state index is -0.0846. The molecular weight excluding hydrogens is 204 g/mol. The summed E-state index contributed by atoms with van der Waals surface area (Å²) in [5, 5.41) is 7.22. The molecule has 1 aromatic carbocycles. The number of hydrogen-bond acceptors (Lipinski definition) is 4. The van der Waals surface area contributed by atoms with E-state index < -0.39 is 0 Å². The molecule has 1 aromatic rings. The number of nitrogens with zero attached hydrogens (tertiary/aromatic N) is 3. The van der Waals surface area contributed by atoms with Gasteiger partial charge in [-0.25, -0.2) is 0 Å². The Bertz CT molecular complexity index is 417. The molecule has 0 heterocycles. The van der Waals surface area contributed by atoms with Crippen molar-refractivity contribution in [3.8, 4) is 0 Å². The zero-order valence-electron chi connectivity index (χ0n) is 9.38. The molecule has 0 aliphatic rings. The van der Waals surface area contributed by atoms with Crippen LogP contribution in [0.3, 0.4) is 0 Å². The summed E-state index contributed by atoms with van der Waals surface area (Å²) in [5.41, 5.74) is 18.5. The van der Waals surface area contributed by atoms with E-state index >= 15 is 0 Å². The number of anilines is 2. The average Bonchev–Trinajstić information content (AvgIpc) is 2.20. The Morgan fingerprint density at radius 1 is 1.31 bits per heavy atom. The number of nitrogens with two attached hydrogens (primary N) is 3. The van der Waals surface area contributed by atoms with Gasteiger partial charge in [0.15, 0.2) is 0 Å². The summed E-state index contributed by atoms with van der Waals surface area (Å²) in [6, 6.07) is 5.64. The number of nitrogen functional groups attached to an aromatic ring is 1. The van der Waals surface area contributed by atoms with Crippen molar-refractivity contribution in [3.05, 3.63) is 23.8 Å². The van der Waals surface area contributed by atoms with Crippen LogP contribution in [-0.4, -0.2) is 26.3 Å². The summed E-state index contributed by atoms with van der Waals surface area (Å²) in [6.07, 6.45) is 1.52. The average molecular weight is 220 g/mol. The summed E-state index contributed by atoms with van der Waals surface area (Å²) in [7, 11) is 3.89. The summed E-state index contributed by atoms with van der Waals surface area (Å²) in [5.74, 6) is -0.0846. The van der Waals surface area contributed by atoms with Gasteiger partial charge in [0.2, 0.25) is 5.96 Å². The molecule has 16 heavy (non-hydrogen) atoms. The van der Waals surface area contributed by atoms with E-state index in [0.717, 1.165) is 11.3 Å². The maximum absolute atomic E-state index is 5.79. The van der Waals surface area contributed by atoms with Gasteiger partial charge in [-0.3, -0.25) is 0 Å². The highest BCUT2D eigenvalue weighted by Crippen LogP contribution is 2.18. The second-order valence-corrected chi connectivity index (χ2v) is 3.48. The predicted molar refractivity (Wildman–Crippen MR) is 68.6 cm³/mol. The normalized spacial score (nSPS) is 10.4. The Morgan fingerprint density at radius 2 is 2.00 bits per heavy atom. The summed E-state index contributed by atoms with van der Waals surface area (Å²) < 4.78 is 0. The third kappa shape index (κ3) is 3.16. The number of benzene rings is 1. The lowest BCUT2D eigenvalue weighted by Gasteiger charge is -2.13. The molecule has 6 N–H and O–H groups in total. The van der Waals surface area contributed by atoms with Crippen molar-refractivity contribution in [3.63, 3.8) is 0 Å².